The van der Waals surface area contributed by atoms with Gasteiger partial charge in [0.1, 0.15) is 11.5 Å². The third-order valence-electron chi connectivity index (χ3n) is 3.66. The smallest absolute Gasteiger partial charge is 0.242 e. The Morgan fingerprint density at radius 1 is 0.957 bits per heavy atom. The van der Waals surface area contributed by atoms with Gasteiger partial charge in [-0.2, -0.15) is 0 Å². The van der Waals surface area contributed by atoms with Crippen LogP contribution in [0.2, 0.25) is 0 Å². The summed E-state index contributed by atoms with van der Waals surface area (Å²) in [5.41, 5.74) is 0.979. The van der Waals surface area contributed by atoms with Crippen molar-refractivity contribution in [1.82, 2.24) is 4.31 Å². The molecule has 0 bridgehead atoms. The van der Waals surface area contributed by atoms with Gasteiger partial charge in [-0.05, 0) is 42.3 Å². The van der Waals surface area contributed by atoms with Gasteiger partial charge in [0.15, 0.2) is 0 Å². The largest absolute Gasteiger partial charge is 0.497 e. The van der Waals surface area contributed by atoms with Crippen molar-refractivity contribution in [3.8, 4) is 11.5 Å². The molecule has 0 saturated heterocycles. The molecule has 6 heteroatoms. The fourth-order valence-electron chi connectivity index (χ4n) is 2.24. The normalized spacial score (nSPS) is 11.5. The van der Waals surface area contributed by atoms with Crippen molar-refractivity contribution in [2.24, 2.45) is 0 Å². The summed E-state index contributed by atoms with van der Waals surface area (Å²) in [6.07, 6.45) is 0.579. The van der Waals surface area contributed by atoms with Crippen molar-refractivity contribution in [3.05, 3.63) is 54.1 Å². The van der Waals surface area contributed by atoms with Gasteiger partial charge in [0.2, 0.25) is 10.0 Å². The van der Waals surface area contributed by atoms with Crippen molar-refractivity contribution < 1.29 is 17.9 Å². The highest BCUT2D eigenvalue weighted by Crippen LogP contribution is 2.21. The standard InChI is InChI=1S/C17H21NO4S/c1-18(13-12-14-6-4-5-7-17(14)22-3)23(19,20)16-10-8-15(21-2)9-11-16/h4-11H,12-13H2,1-3H3. The summed E-state index contributed by atoms with van der Waals surface area (Å²) >= 11 is 0. The summed E-state index contributed by atoms with van der Waals surface area (Å²) in [6, 6.07) is 14.0. The molecule has 5 nitrogen and oxygen atoms in total. The lowest BCUT2D eigenvalue weighted by Gasteiger charge is -2.18. The number of ether oxygens (including phenoxy) is 2. The minimum absolute atomic E-state index is 0.251. The number of hydrogen-bond acceptors (Lipinski definition) is 4. The van der Waals surface area contributed by atoms with E-state index in [1.54, 1.807) is 45.5 Å². The summed E-state index contributed by atoms with van der Waals surface area (Å²) in [5.74, 6) is 1.39. The van der Waals surface area contributed by atoms with Gasteiger partial charge in [-0.1, -0.05) is 18.2 Å². The molecule has 23 heavy (non-hydrogen) atoms. The molecular formula is C17H21NO4S. The highest BCUT2D eigenvalue weighted by Gasteiger charge is 2.20. The maximum absolute atomic E-state index is 12.6. The molecule has 0 radical (unpaired) electrons. The number of methoxy groups -OCH3 is 2. The van der Waals surface area contributed by atoms with Crippen LogP contribution >= 0.6 is 0 Å². The Morgan fingerprint density at radius 2 is 1.61 bits per heavy atom. The molecule has 2 aromatic rings. The zero-order chi connectivity index (χ0) is 16.9. The molecule has 0 atom stereocenters. The number of sulfonamides is 1. The van der Waals surface area contributed by atoms with Crippen LogP contribution in [-0.2, 0) is 16.4 Å². The Labute approximate surface area is 137 Å². The van der Waals surface area contributed by atoms with Crippen LogP contribution in [0.3, 0.4) is 0 Å². The zero-order valence-corrected chi connectivity index (χ0v) is 14.3. The maximum atomic E-state index is 12.6. The lowest BCUT2D eigenvalue weighted by molar-refractivity contribution is 0.405. The second-order valence-electron chi connectivity index (χ2n) is 5.06. The van der Waals surface area contributed by atoms with Crippen molar-refractivity contribution in [3.63, 3.8) is 0 Å². The summed E-state index contributed by atoms with van der Waals surface area (Å²) < 4.78 is 36.8. The van der Waals surface area contributed by atoms with Crippen LogP contribution in [0.5, 0.6) is 11.5 Å². The number of rotatable bonds is 7. The molecule has 0 unspecified atom stereocenters. The molecule has 0 spiro atoms. The first-order valence-electron chi connectivity index (χ1n) is 7.21. The lowest BCUT2D eigenvalue weighted by atomic mass is 10.1. The van der Waals surface area contributed by atoms with Crippen molar-refractivity contribution in [1.29, 1.82) is 0 Å². The Morgan fingerprint density at radius 3 is 2.22 bits per heavy atom. The molecule has 0 saturated carbocycles. The van der Waals surface area contributed by atoms with Gasteiger partial charge in [-0.15, -0.1) is 0 Å². The van der Waals surface area contributed by atoms with Crippen molar-refractivity contribution in [2.75, 3.05) is 27.8 Å². The van der Waals surface area contributed by atoms with E-state index < -0.39 is 10.0 Å². The lowest BCUT2D eigenvalue weighted by Crippen LogP contribution is -2.29. The predicted molar refractivity (Wildman–Crippen MR) is 89.5 cm³/mol. The molecule has 124 valence electrons. The Balaban J connectivity index is 2.10. The molecule has 2 aromatic carbocycles. The van der Waals surface area contributed by atoms with E-state index in [0.29, 0.717) is 18.7 Å². The average Bonchev–Trinajstić information content (AvgIpc) is 2.59. The van der Waals surface area contributed by atoms with E-state index in [2.05, 4.69) is 0 Å². The minimum Gasteiger partial charge on any atom is -0.497 e. The third-order valence-corrected chi connectivity index (χ3v) is 5.53. The third kappa shape index (κ3) is 4.03. The molecule has 0 amide bonds. The number of benzene rings is 2. The Bertz CT molecular complexity index is 741. The number of nitrogens with zero attached hydrogens (tertiary/aromatic N) is 1. The van der Waals surface area contributed by atoms with Gasteiger partial charge in [0, 0.05) is 13.6 Å². The van der Waals surface area contributed by atoms with E-state index >= 15 is 0 Å². The first-order valence-corrected chi connectivity index (χ1v) is 8.65. The molecule has 0 aliphatic carbocycles. The molecule has 0 fully saturated rings. The maximum Gasteiger partial charge on any atom is 0.242 e. The first-order chi connectivity index (χ1) is 11.0. The first kappa shape index (κ1) is 17.3. The highest BCUT2D eigenvalue weighted by atomic mass is 32.2. The number of hydrogen-bond donors (Lipinski definition) is 0. The molecular weight excluding hydrogens is 314 g/mol. The fourth-order valence-corrected chi connectivity index (χ4v) is 3.41. The monoisotopic (exact) mass is 335 g/mol. The molecule has 0 N–H and O–H groups in total. The van der Waals surface area contributed by atoms with Crippen LogP contribution in [-0.4, -0.2) is 40.5 Å². The van der Waals surface area contributed by atoms with E-state index in [1.807, 2.05) is 24.3 Å². The van der Waals surface area contributed by atoms with E-state index in [1.165, 1.54) is 4.31 Å². The minimum atomic E-state index is -3.52. The SMILES string of the molecule is COc1ccc(S(=O)(=O)N(C)CCc2ccccc2OC)cc1. The van der Waals surface area contributed by atoms with E-state index in [9.17, 15) is 8.42 Å². The van der Waals surface area contributed by atoms with Gasteiger partial charge < -0.3 is 9.47 Å². The van der Waals surface area contributed by atoms with Crippen molar-refractivity contribution in [2.45, 2.75) is 11.3 Å². The number of likely N-dealkylation sites (N-methyl/N-ethyl adjacent to an activating group) is 1. The average molecular weight is 335 g/mol. The van der Waals surface area contributed by atoms with E-state index in [0.717, 1.165) is 11.3 Å². The van der Waals surface area contributed by atoms with E-state index in [4.69, 9.17) is 9.47 Å². The van der Waals surface area contributed by atoms with Gasteiger partial charge in [-0.25, -0.2) is 12.7 Å². The van der Waals surface area contributed by atoms with Crippen LogP contribution < -0.4 is 9.47 Å². The second kappa shape index (κ2) is 7.48. The summed E-state index contributed by atoms with van der Waals surface area (Å²) in [5, 5.41) is 0. The molecule has 0 aliphatic rings. The molecule has 2 rings (SSSR count). The quantitative estimate of drug-likeness (QED) is 0.780. The Hall–Kier alpha value is -2.05. The molecule has 0 heterocycles. The van der Waals surface area contributed by atoms with Crippen LogP contribution in [0.25, 0.3) is 0 Å². The Kier molecular flexibility index (Phi) is 5.63. The van der Waals surface area contributed by atoms with Gasteiger partial charge in [0.25, 0.3) is 0 Å². The summed E-state index contributed by atoms with van der Waals surface area (Å²) in [7, 11) is 1.21. The second-order valence-corrected chi connectivity index (χ2v) is 7.11. The van der Waals surface area contributed by atoms with Gasteiger partial charge in [-0.3, -0.25) is 0 Å². The van der Waals surface area contributed by atoms with Crippen LogP contribution in [0.4, 0.5) is 0 Å². The molecule has 0 aromatic heterocycles. The van der Waals surface area contributed by atoms with Crippen LogP contribution in [0.15, 0.2) is 53.4 Å². The number of para-hydroxylation sites is 1. The molecule has 0 aliphatic heterocycles. The predicted octanol–water partition coefficient (Wildman–Crippen LogP) is 2.57. The van der Waals surface area contributed by atoms with Gasteiger partial charge >= 0.3 is 0 Å². The van der Waals surface area contributed by atoms with Gasteiger partial charge in [0.05, 0.1) is 19.1 Å². The topological polar surface area (TPSA) is 55.8 Å². The highest BCUT2D eigenvalue weighted by molar-refractivity contribution is 7.89. The van der Waals surface area contributed by atoms with Crippen LogP contribution in [0, 0.1) is 0 Å². The zero-order valence-electron chi connectivity index (χ0n) is 13.5. The van der Waals surface area contributed by atoms with Crippen LogP contribution in [0.1, 0.15) is 5.56 Å². The summed E-state index contributed by atoms with van der Waals surface area (Å²) in [4.78, 5) is 0.251. The van der Waals surface area contributed by atoms with E-state index in [-0.39, 0.29) is 4.90 Å². The fraction of sp³-hybridized carbons (Fsp3) is 0.294. The van der Waals surface area contributed by atoms with Crippen molar-refractivity contribution >= 4 is 10.0 Å². The summed E-state index contributed by atoms with van der Waals surface area (Å²) in [6.45, 7) is 0.370.